The minimum Gasteiger partial charge on any atom is -0.324 e. The fourth-order valence-electron chi connectivity index (χ4n) is 3.34. The van der Waals surface area contributed by atoms with Crippen molar-refractivity contribution in [2.24, 2.45) is 0 Å². The van der Waals surface area contributed by atoms with Crippen LogP contribution in [0.1, 0.15) is 36.7 Å². The van der Waals surface area contributed by atoms with Gasteiger partial charge in [0.2, 0.25) is 15.9 Å². The summed E-state index contributed by atoms with van der Waals surface area (Å²) < 4.78 is 38.5. The van der Waals surface area contributed by atoms with Gasteiger partial charge in [-0.2, -0.15) is 0 Å². The molecule has 0 heterocycles. The number of carbonyl (C=O) groups excluding carboxylic acids is 2. The van der Waals surface area contributed by atoms with Crippen molar-refractivity contribution in [3.63, 3.8) is 0 Å². The minimum atomic E-state index is -3.79. The van der Waals surface area contributed by atoms with Gasteiger partial charge in [-0.3, -0.25) is 13.9 Å². The number of rotatable bonds is 7. The molecule has 2 amide bonds. The van der Waals surface area contributed by atoms with Gasteiger partial charge in [0.15, 0.2) is 0 Å². The molecule has 0 spiro atoms. The molecule has 0 atom stereocenters. The molecule has 0 aromatic heterocycles. The average Bonchev–Trinajstić information content (AvgIpc) is 2.77. The first kappa shape index (κ1) is 25.9. The van der Waals surface area contributed by atoms with Crippen LogP contribution in [-0.4, -0.2) is 33.0 Å². The lowest BCUT2D eigenvalue weighted by Crippen LogP contribution is -2.37. The SMILES string of the molecule is CC(C)(C)c1ccc(C(=O)Nc2cccc(NC(=O)CN(c3ccc(F)cc3)S(C)(=O)=O)c2)cc1. The zero-order valence-electron chi connectivity index (χ0n) is 20.0. The maximum Gasteiger partial charge on any atom is 0.255 e. The van der Waals surface area contributed by atoms with E-state index >= 15 is 0 Å². The molecule has 0 bridgehead atoms. The number of halogens is 1. The molecule has 3 rings (SSSR count). The lowest BCUT2D eigenvalue weighted by Gasteiger charge is -2.22. The van der Waals surface area contributed by atoms with E-state index < -0.39 is 28.3 Å². The maximum atomic E-state index is 13.2. The molecule has 0 fully saturated rings. The Hall–Kier alpha value is -3.72. The zero-order chi connectivity index (χ0) is 25.8. The second-order valence-corrected chi connectivity index (χ2v) is 11.1. The molecule has 0 aliphatic carbocycles. The first-order valence-corrected chi connectivity index (χ1v) is 12.7. The van der Waals surface area contributed by atoms with Crippen LogP contribution in [0.25, 0.3) is 0 Å². The van der Waals surface area contributed by atoms with Crippen molar-refractivity contribution in [1.29, 1.82) is 0 Å². The average molecular weight is 498 g/mol. The number of hydrogen-bond acceptors (Lipinski definition) is 4. The van der Waals surface area contributed by atoms with E-state index in [0.29, 0.717) is 16.9 Å². The third kappa shape index (κ3) is 7.13. The third-order valence-corrected chi connectivity index (χ3v) is 6.36. The largest absolute Gasteiger partial charge is 0.324 e. The number of amides is 2. The van der Waals surface area contributed by atoms with Crippen LogP contribution in [0.5, 0.6) is 0 Å². The van der Waals surface area contributed by atoms with E-state index in [1.54, 1.807) is 36.4 Å². The highest BCUT2D eigenvalue weighted by Crippen LogP contribution is 2.23. The van der Waals surface area contributed by atoms with Crippen LogP contribution < -0.4 is 14.9 Å². The summed E-state index contributed by atoms with van der Waals surface area (Å²) in [7, 11) is -3.79. The number of hydrogen-bond donors (Lipinski definition) is 2. The quantitative estimate of drug-likeness (QED) is 0.491. The summed E-state index contributed by atoms with van der Waals surface area (Å²) in [6, 6.07) is 18.7. The molecule has 0 saturated heterocycles. The van der Waals surface area contributed by atoms with Gasteiger partial charge in [0.25, 0.3) is 5.91 Å². The highest BCUT2D eigenvalue weighted by atomic mass is 32.2. The van der Waals surface area contributed by atoms with Crippen LogP contribution in [-0.2, 0) is 20.2 Å². The van der Waals surface area contributed by atoms with Crippen LogP contribution >= 0.6 is 0 Å². The van der Waals surface area contributed by atoms with E-state index in [1.165, 1.54) is 12.1 Å². The first-order chi connectivity index (χ1) is 16.3. The molecule has 0 radical (unpaired) electrons. The summed E-state index contributed by atoms with van der Waals surface area (Å²) in [4.78, 5) is 25.2. The second-order valence-electron chi connectivity index (χ2n) is 9.16. The third-order valence-electron chi connectivity index (χ3n) is 5.22. The van der Waals surface area contributed by atoms with E-state index in [9.17, 15) is 22.4 Å². The van der Waals surface area contributed by atoms with Crippen molar-refractivity contribution >= 4 is 38.9 Å². The number of sulfonamides is 1. The van der Waals surface area contributed by atoms with E-state index in [-0.39, 0.29) is 17.0 Å². The normalized spacial score (nSPS) is 11.6. The topological polar surface area (TPSA) is 95.6 Å². The Labute approximate surface area is 205 Å². The standard InChI is InChI=1S/C26H28FN3O4S/c1-26(2,3)19-10-8-18(9-11-19)25(32)29-22-7-5-6-21(16-22)28-24(31)17-30(35(4,33)34)23-14-12-20(27)13-15-23/h5-16H,17H2,1-4H3,(H,28,31)(H,29,32). The molecule has 3 aromatic carbocycles. The van der Waals surface area contributed by atoms with Crippen LogP contribution in [0, 0.1) is 5.82 Å². The van der Waals surface area contributed by atoms with E-state index in [4.69, 9.17) is 0 Å². The van der Waals surface area contributed by atoms with Crippen molar-refractivity contribution in [2.75, 3.05) is 27.7 Å². The van der Waals surface area contributed by atoms with Gasteiger partial charge in [-0.15, -0.1) is 0 Å². The first-order valence-electron chi connectivity index (χ1n) is 10.9. The molecular formula is C26H28FN3O4S. The molecule has 0 unspecified atom stereocenters. The van der Waals surface area contributed by atoms with Crippen molar-refractivity contribution < 1.29 is 22.4 Å². The maximum absolute atomic E-state index is 13.2. The van der Waals surface area contributed by atoms with Gasteiger partial charge in [0, 0.05) is 16.9 Å². The summed E-state index contributed by atoms with van der Waals surface area (Å²) in [5, 5.41) is 5.43. The molecule has 184 valence electrons. The van der Waals surface area contributed by atoms with Gasteiger partial charge in [0.1, 0.15) is 12.4 Å². The summed E-state index contributed by atoms with van der Waals surface area (Å²) in [6.07, 6.45) is 0.966. The van der Waals surface area contributed by atoms with Crippen LogP contribution in [0.4, 0.5) is 21.5 Å². The molecule has 35 heavy (non-hydrogen) atoms. The summed E-state index contributed by atoms with van der Waals surface area (Å²) >= 11 is 0. The minimum absolute atomic E-state index is 0.0229. The summed E-state index contributed by atoms with van der Waals surface area (Å²) in [6.45, 7) is 5.78. The molecule has 2 N–H and O–H groups in total. The molecule has 0 aliphatic heterocycles. The number of nitrogens with zero attached hydrogens (tertiary/aromatic N) is 1. The van der Waals surface area contributed by atoms with Crippen LogP contribution in [0.15, 0.2) is 72.8 Å². The fraction of sp³-hybridized carbons (Fsp3) is 0.231. The summed E-state index contributed by atoms with van der Waals surface area (Å²) in [5.41, 5.74) is 2.60. The Morgan fingerprint density at radius 3 is 2.00 bits per heavy atom. The highest BCUT2D eigenvalue weighted by Gasteiger charge is 2.21. The Kier molecular flexibility index (Phi) is 7.60. The lowest BCUT2D eigenvalue weighted by molar-refractivity contribution is -0.114. The number of benzene rings is 3. The Morgan fingerprint density at radius 2 is 1.46 bits per heavy atom. The van der Waals surface area contributed by atoms with Crippen molar-refractivity contribution in [2.45, 2.75) is 26.2 Å². The zero-order valence-corrected chi connectivity index (χ0v) is 20.8. The Bertz CT molecular complexity index is 1320. The highest BCUT2D eigenvalue weighted by molar-refractivity contribution is 7.92. The predicted molar refractivity (Wildman–Crippen MR) is 137 cm³/mol. The van der Waals surface area contributed by atoms with Gasteiger partial charge in [-0.05, 0) is 65.6 Å². The van der Waals surface area contributed by atoms with Gasteiger partial charge in [0.05, 0.1) is 11.9 Å². The van der Waals surface area contributed by atoms with Crippen molar-refractivity contribution in [3.8, 4) is 0 Å². The predicted octanol–water partition coefficient (Wildman–Crippen LogP) is 4.78. The molecule has 9 heteroatoms. The van der Waals surface area contributed by atoms with Gasteiger partial charge in [-0.1, -0.05) is 39.0 Å². The lowest BCUT2D eigenvalue weighted by atomic mass is 9.87. The van der Waals surface area contributed by atoms with Crippen LogP contribution in [0.3, 0.4) is 0 Å². The molecule has 0 saturated carbocycles. The molecule has 7 nitrogen and oxygen atoms in total. The van der Waals surface area contributed by atoms with Crippen LogP contribution in [0.2, 0.25) is 0 Å². The van der Waals surface area contributed by atoms with Gasteiger partial charge < -0.3 is 10.6 Å². The summed E-state index contributed by atoms with van der Waals surface area (Å²) in [5.74, 6) is -1.41. The monoisotopic (exact) mass is 497 g/mol. The molecule has 3 aromatic rings. The second kappa shape index (κ2) is 10.3. The van der Waals surface area contributed by atoms with E-state index in [1.807, 2.05) is 12.1 Å². The number of nitrogens with one attached hydrogen (secondary N) is 2. The smallest absolute Gasteiger partial charge is 0.255 e. The van der Waals surface area contributed by atoms with E-state index in [2.05, 4.69) is 31.4 Å². The van der Waals surface area contributed by atoms with Crippen molar-refractivity contribution in [3.05, 3.63) is 89.7 Å². The van der Waals surface area contributed by atoms with E-state index in [0.717, 1.165) is 28.3 Å². The molecular weight excluding hydrogens is 469 g/mol. The Balaban J connectivity index is 1.68. The van der Waals surface area contributed by atoms with Gasteiger partial charge in [-0.25, -0.2) is 12.8 Å². The number of anilines is 3. The van der Waals surface area contributed by atoms with Crippen molar-refractivity contribution in [1.82, 2.24) is 0 Å². The fourth-order valence-corrected chi connectivity index (χ4v) is 4.19. The van der Waals surface area contributed by atoms with Gasteiger partial charge >= 0.3 is 0 Å². The molecule has 0 aliphatic rings. The Morgan fingerprint density at radius 1 is 0.886 bits per heavy atom. The number of carbonyl (C=O) groups is 2.